The van der Waals surface area contributed by atoms with Crippen molar-refractivity contribution in [2.75, 3.05) is 0 Å². The molecule has 87 valence electrons. The maximum Gasteiger partial charge on any atom is 0.417 e. The summed E-state index contributed by atoms with van der Waals surface area (Å²) in [5, 5.41) is 0. The summed E-state index contributed by atoms with van der Waals surface area (Å²) in [6.45, 7) is 0. The first-order valence-electron chi connectivity index (χ1n) is 4.68. The molecular formula is C12H6F4N. The first-order valence-corrected chi connectivity index (χ1v) is 4.68. The third-order valence-corrected chi connectivity index (χ3v) is 2.18. The van der Waals surface area contributed by atoms with Crippen LogP contribution in [0.3, 0.4) is 0 Å². The highest BCUT2D eigenvalue weighted by Crippen LogP contribution is 2.36. The number of halogens is 4. The van der Waals surface area contributed by atoms with Gasteiger partial charge in [-0.1, -0.05) is 12.1 Å². The number of nitrogens with zero attached hydrogens (tertiary/aromatic N) is 1. The fraction of sp³-hybridized carbons (Fsp3) is 0.0833. The van der Waals surface area contributed by atoms with Crippen molar-refractivity contribution >= 4 is 0 Å². The van der Waals surface area contributed by atoms with E-state index >= 15 is 0 Å². The first-order chi connectivity index (χ1) is 7.98. The van der Waals surface area contributed by atoms with Gasteiger partial charge in [-0.25, -0.2) is 4.98 Å². The van der Waals surface area contributed by atoms with Crippen molar-refractivity contribution in [3.8, 4) is 11.1 Å². The van der Waals surface area contributed by atoms with E-state index in [1.165, 1.54) is 18.2 Å². The molecule has 0 aliphatic carbocycles. The fourth-order valence-corrected chi connectivity index (χ4v) is 1.47. The lowest BCUT2D eigenvalue weighted by Gasteiger charge is -2.12. The average molecular weight is 240 g/mol. The van der Waals surface area contributed by atoms with Crippen LogP contribution in [0.25, 0.3) is 11.1 Å². The molecule has 0 unspecified atom stereocenters. The number of alkyl halides is 3. The summed E-state index contributed by atoms with van der Waals surface area (Å²) < 4.78 is 51.0. The van der Waals surface area contributed by atoms with Crippen LogP contribution in [0.2, 0.25) is 0 Å². The van der Waals surface area contributed by atoms with Crippen molar-refractivity contribution in [2.24, 2.45) is 0 Å². The SMILES string of the molecule is Fc1cc(-c2[c]cccc2C(F)(F)F)ccn1. The van der Waals surface area contributed by atoms with Crippen molar-refractivity contribution in [1.29, 1.82) is 0 Å². The van der Waals surface area contributed by atoms with Crippen LogP contribution >= 0.6 is 0 Å². The molecule has 1 nitrogen and oxygen atoms in total. The van der Waals surface area contributed by atoms with Crippen molar-refractivity contribution in [2.45, 2.75) is 6.18 Å². The summed E-state index contributed by atoms with van der Waals surface area (Å²) in [6.07, 6.45) is -3.38. The van der Waals surface area contributed by atoms with Gasteiger partial charge in [0.1, 0.15) is 0 Å². The van der Waals surface area contributed by atoms with Gasteiger partial charge in [0, 0.05) is 17.8 Å². The van der Waals surface area contributed by atoms with Crippen molar-refractivity contribution in [3.63, 3.8) is 0 Å². The zero-order valence-corrected chi connectivity index (χ0v) is 8.42. The molecule has 0 amide bonds. The van der Waals surface area contributed by atoms with Crippen LogP contribution in [0.1, 0.15) is 5.56 Å². The minimum absolute atomic E-state index is 0.102. The van der Waals surface area contributed by atoms with Crippen LogP contribution in [0.5, 0.6) is 0 Å². The average Bonchev–Trinajstić information content (AvgIpc) is 2.28. The molecular weight excluding hydrogens is 234 g/mol. The van der Waals surface area contributed by atoms with Gasteiger partial charge in [0.05, 0.1) is 5.56 Å². The lowest BCUT2D eigenvalue weighted by molar-refractivity contribution is -0.137. The van der Waals surface area contributed by atoms with Gasteiger partial charge < -0.3 is 0 Å². The number of rotatable bonds is 1. The van der Waals surface area contributed by atoms with Gasteiger partial charge in [-0.15, -0.1) is 0 Å². The monoisotopic (exact) mass is 240 g/mol. The maximum atomic E-state index is 12.9. The highest BCUT2D eigenvalue weighted by molar-refractivity contribution is 5.66. The second-order valence-corrected chi connectivity index (χ2v) is 3.32. The van der Waals surface area contributed by atoms with Crippen LogP contribution in [0, 0.1) is 12.0 Å². The van der Waals surface area contributed by atoms with Gasteiger partial charge in [0.25, 0.3) is 0 Å². The van der Waals surface area contributed by atoms with Crippen molar-refractivity contribution < 1.29 is 17.6 Å². The van der Waals surface area contributed by atoms with Crippen LogP contribution in [0.4, 0.5) is 17.6 Å². The van der Waals surface area contributed by atoms with Crippen molar-refractivity contribution in [3.05, 3.63) is 54.1 Å². The highest BCUT2D eigenvalue weighted by Gasteiger charge is 2.33. The number of hydrogen-bond donors (Lipinski definition) is 0. The predicted molar refractivity (Wildman–Crippen MR) is 53.5 cm³/mol. The Hall–Kier alpha value is -1.91. The van der Waals surface area contributed by atoms with Gasteiger partial charge in [-0.3, -0.25) is 0 Å². The van der Waals surface area contributed by atoms with E-state index < -0.39 is 17.7 Å². The van der Waals surface area contributed by atoms with E-state index in [4.69, 9.17) is 0 Å². The Bertz CT molecular complexity index is 534. The summed E-state index contributed by atoms with van der Waals surface area (Å²) in [7, 11) is 0. The third kappa shape index (κ3) is 2.43. The van der Waals surface area contributed by atoms with E-state index in [0.717, 1.165) is 18.3 Å². The van der Waals surface area contributed by atoms with E-state index in [0.29, 0.717) is 0 Å². The Morgan fingerprint density at radius 1 is 1.18 bits per heavy atom. The Kier molecular flexibility index (Phi) is 2.83. The standard InChI is InChI=1S/C12H6F4N/c13-11-7-8(5-6-17-11)9-3-1-2-4-10(9)12(14,15)16/h1-2,4-7H. The van der Waals surface area contributed by atoms with Gasteiger partial charge in [0.15, 0.2) is 0 Å². The second kappa shape index (κ2) is 4.16. The lowest BCUT2D eigenvalue weighted by atomic mass is 10.0. The van der Waals surface area contributed by atoms with Gasteiger partial charge >= 0.3 is 6.18 Å². The molecule has 1 radical (unpaired) electrons. The Morgan fingerprint density at radius 2 is 1.94 bits per heavy atom. The van der Waals surface area contributed by atoms with Crippen LogP contribution in [-0.2, 0) is 6.18 Å². The summed E-state index contributed by atoms with van der Waals surface area (Å²) in [6, 6.07) is 8.25. The molecule has 5 heteroatoms. The molecule has 2 rings (SSSR count). The molecule has 0 spiro atoms. The maximum absolute atomic E-state index is 12.9. The summed E-state index contributed by atoms with van der Waals surface area (Å²) in [4.78, 5) is 3.30. The molecule has 0 N–H and O–H groups in total. The molecule has 0 saturated heterocycles. The van der Waals surface area contributed by atoms with Gasteiger partial charge in [0.2, 0.25) is 5.95 Å². The number of aromatic nitrogens is 1. The summed E-state index contributed by atoms with van der Waals surface area (Å²) in [5.74, 6) is -0.826. The van der Waals surface area contributed by atoms with Crippen LogP contribution < -0.4 is 0 Å². The third-order valence-electron chi connectivity index (χ3n) is 2.18. The minimum Gasteiger partial charge on any atom is -0.228 e. The van der Waals surface area contributed by atoms with E-state index in [1.807, 2.05) is 0 Å². The largest absolute Gasteiger partial charge is 0.417 e. The number of pyridine rings is 1. The number of hydrogen-bond acceptors (Lipinski definition) is 1. The molecule has 0 bridgehead atoms. The van der Waals surface area contributed by atoms with Gasteiger partial charge in [-0.05, 0) is 23.8 Å². The van der Waals surface area contributed by atoms with E-state index in [2.05, 4.69) is 11.1 Å². The smallest absolute Gasteiger partial charge is 0.228 e. The molecule has 0 atom stereocenters. The Morgan fingerprint density at radius 3 is 2.59 bits per heavy atom. The zero-order valence-electron chi connectivity index (χ0n) is 8.42. The number of benzene rings is 1. The normalized spacial score (nSPS) is 11.5. The van der Waals surface area contributed by atoms with Gasteiger partial charge in [-0.2, -0.15) is 17.6 Å². The van der Waals surface area contributed by atoms with Crippen molar-refractivity contribution in [1.82, 2.24) is 4.98 Å². The first kappa shape index (κ1) is 11.6. The summed E-state index contributed by atoms with van der Waals surface area (Å²) >= 11 is 0. The Balaban J connectivity index is 2.60. The predicted octanol–water partition coefficient (Wildman–Crippen LogP) is 3.71. The van der Waals surface area contributed by atoms with E-state index in [1.54, 1.807) is 0 Å². The molecule has 0 fully saturated rings. The molecule has 17 heavy (non-hydrogen) atoms. The zero-order chi connectivity index (χ0) is 12.5. The molecule has 0 aliphatic rings. The lowest BCUT2D eigenvalue weighted by Crippen LogP contribution is -2.07. The fourth-order valence-electron chi connectivity index (χ4n) is 1.47. The van der Waals surface area contributed by atoms with Crippen LogP contribution in [-0.4, -0.2) is 4.98 Å². The molecule has 2 aromatic rings. The molecule has 1 aromatic heterocycles. The molecule has 1 heterocycles. The summed E-state index contributed by atoms with van der Waals surface area (Å²) in [5.41, 5.74) is -0.919. The highest BCUT2D eigenvalue weighted by atomic mass is 19.4. The molecule has 0 saturated carbocycles. The van der Waals surface area contributed by atoms with E-state index in [9.17, 15) is 17.6 Å². The molecule has 0 aliphatic heterocycles. The Labute approximate surface area is 94.7 Å². The topological polar surface area (TPSA) is 12.9 Å². The van der Waals surface area contributed by atoms with Crippen LogP contribution in [0.15, 0.2) is 36.5 Å². The molecule has 1 aromatic carbocycles. The minimum atomic E-state index is -4.49. The second-order valence-electron chi connectivity index (χ2n) is 3.32. The quantitative estimate of drug-likeness (QED) is 0.547. The van der Waals surface area contributed by atoms with E-state index in [-0.39, 0.29) is 11.1 Å².